The Morgan fingerprint density at radius 2 is 1.36 bits per heavy atom. The van der Waals surface area contributed by atoms with Gasteiger partial charge in [0.25, 0.3) is 0 Å². The third-order valence-corrected chi connectivity index (χ3v) is 2.84. The summed E-state index contributed by atoms with van der Waals surface area (Å²) in [5.74, 6) is 0. The predicted molar refractivity (Wildman–Crippen MR) is 53.9 cm³/mol. The molecule has 0 aromatic heterocycles. The van der Waals surface area contributed by atoms with Crippen molar-refractivity contribution in [2.45, 2.75) is 13.8 Å². The van der Waals surface area contributed by atoms with Gasteiger partial charge in [0.2, 0.25) is 0 Å². The second kappa shape index (κ2) is 7.11. The van der Waals surface area contributed by atoms with E-state index in [2.05, 4.69) is 0 Å². The standard InChI is InChI=1S/C4H6O3S4/c1-3(8-5)10-7-11-4(2)9-6/h1-2H3. The van der Waals surface area contributed by atoms with E-state index >= 15 is 0 Å². The quantitative estimate of drug-likeness (QED) is 0.523. The SMILES string of the molecule is CC(SOSC(C)=S=O)=S=O. The Hall–Kier alpha value is 0.440. The molecule has 0 saturated heterocycles. The highest BCUT2D eigenvalue weighted by atomic mass is 32.3. The molecule has 0 atom stereocenters. The second-order valence-electron chi connectivity index (χ2n) is 1.38. The summed E-state index contributed by atoms with van der Waals surface area (Å²) in [4.78, 5) is 0. The summed E-state index contributed by atoms with van der Waals surface area (Å²) < 4.78 is 26.1. The first-order valence-corrected chi connectivity index (χ1v) is 5.45. The zero-order valence-corrected chi connectivity index (χ0v) is 9.12. The lowest BCUT2D eigenvalue weighted by molar-refractivity contribution is 0.700. The van der Waals surface area contributed by atoms with Gasteiger partial charge in [0.1, 0.15) is 30.9 Å². The molecule has 0 spiro atoms. The van der Waals surface area contributed by atoms with Gasteiger partial charge < -0.3 is 0 Å². The lowest BCUT2D eigenvalue weighted by atomic mass is 11.0. The van der Waals surface area contributed by atoms with Gasteiger partial charge in [0, 0.05) is 0 Å². The monoisotopic (exact) mass is 230 g/mol. The van der Waals surface area contributed by atoms with Crippen LogP contribution in [0.2, 0.25) is 0 Å². The summed E-state index contributed by atoms with van der Waals surface area (Å²) in [7, 11) is 0. The highest BCUT2D eigenvalue weighted by Gasteiger charge is 1.95. The molecule has 0 amide bonds. The van der Waals surface area contributed by atoms with Crippen molar-refractivity contribution in [2.24, 2.45) is 0 Å². The smallest absolute Gasteiger partial charge is 0.104 e. The first-order chi connectivity index (χ1) is 5.20. The van der Waals surface area contributed by atoms with Crippen LogP contribution in [0.4, 0.5) is 0 Å². The zero-order valence-electron chi connectivity index (χ0n) is 5.86. The van der Waals surface area contributed by atoms with Crippen molar-refractivity contribution in [1.82, 2.24) is 0 Å². The molecule has 0 heterocycles. The highest BCUT2D eigenvalue weighted by molar-refractivity contribution is 8.27. The average molecular weight is 230 g/mol. The molecule has 0 bridgehead atoms. The van der Waals surface area contributed by atoms with E-state index in [0.29, 0.717) is 30.9 Å². The van der Waals surface area contributed by atoms with Crippen LogP contribution in [0.1, 0.15) is 13.8 Å². The molecule has 0 aliphatic carbocycles. The first-order valence-electron chi connectivity index (χ1n) is 2.48. The van der Waals surface area contributed by atoms with Crippen LogP contribution in [0.5, 0.6) is 0 Å². The molecule has 0 rings (SSSR count). The summed E-state index contributed by atoms with van der Waals surface area (Å²) in [6, 6.07) is 0. The van der Waals surface area contributed by atoms with Gasteiger partial charge in [-0.15, -0.1) is 0 Å². The molecule has 0 N–H and O–H groups in total. The van der Waals surface area contributed by atoms with E-state index in [4.69, 9.17) is 3.63 Å². The second-order valence-corrected chi connectivity index (χ2v) is 5.56. The van der Waals surface area contributed by atoms with E-state index in [0.717, 1.165) is 24.1 Å². The Morgan fingerprint density at radius 1 is 1.00 bits per heavy atom. The van der Waals surface area contributed by atoms with E-state index < -0.39 is 0 Å². The van der Waals surface area contributed by atoms with Crippen LogP contribution in [0.25, 0.3) is 0 Å². The lowest BCUT2D eigenvalue weighted by Crippen LogP contribution is -1.84. The summed E-state index contributed by atoms with van der Waals surface area (Å²) in [5, 5.41) is 0. The van der Waals surface area contributed by atoms with Crippen LogP contribution in [0.15, 0.2) is 0 Å². The molecule has 0 aromatic carbocycles. The van der Waals surface area contributed by atoms with Crippen LogP contribution in [0, 0.1) is 0 Å². The maximum Gasteiger partial charge on any atom is 0.104 e. The molecule has 0 radical (unpaired) electrons. The molecule has 0 aliphatic heterocycles. The van der Waals surface area contributed by atoms with Crippen LogP contribution >= 0.6 is 24.1 Å². The Bertz CT molecular complexity index is 201. The predicted octanol–water partition coefficient (Wildman–Crippen LogP) is 1.02. The van der Waals surface area contributed by atoms with Gasteiger partial charge in [0.15, 0.2) is 0 Å². The molecule has 0 fully saturated rings. The Balaban J connectivity index is 3.59. The summed E-state index contributed by atoms with van der Waals surface area (Å²) >= 11 is 2.72. The summed E-state index contributed by atoms with van der Waals surface area (Å²) in [5.41, 5.74) is 0. The minimum atomic E-state index is 0.381. The highest BCUT2D eigenvalue weighted by Crippen LogP contribution is 2.15. The van der Waals surface area contributed by atoms with E-state index in [1.165, 1.54) is 0 Å². The minimum Gasteiger partial charge on any atom is -0.236 e. The molecule has 11 heavy (non-hydrogen) atoms. The van der Waals surface area contributed by atoms with E-state index in [-0.39, 0.29) is 0 Å². The van der Waals surface area contributed by atoms with Gasteiger partial charge in [-0.3, -0.25) is 0 Å². The maximum absolute atomic E-state index is 10.1. The molecule has 3 nitrogen and oxygen atoms in total. The van der Waals surface area contributed by atoms with Crippen molar-refractivity contribution < 1.29 is 12.0 Å². The van der Waals surface area contributed by atoms with E-state index in [1.807, 2.05) is 0 Å². The Morgan fingerprint density at radius 3 is 1.64 bits per heavy atom. The summed E-state index contributed by atoms with van der Waals surface area (Å²) in [6.07, 6.45) is 0. The van der Waals surface area contributed by atoms with Crippen LogP contribution in [-0.4, -0.2) is 16.8 Å². The lowest BCUT2D eigenvalue weighted by Gasteiger charge is -1.93. The van der Waals surface area contributed by atoms with Gasteiger partial charge in [-0.1, -0.05) is 0 Å². The topological polar surface area (TPSA) is 43.4 Å². The van der Waals surface area contributed by atoms with Gasteiger partial charge in [0.05, 0.1) is 24.1 Å². The van der Waals surface area contributed by atoms with Gasteiger partial charge in [-0.05, 0) is 13.8 Å². The van der Waals surface area contributed by atoms with Gasteiger partial charge >= 0.3 is 0 Å². The normalized spacial score (nSPS) is 8.91. The molecule has 0 saturated carbocycles. The fourth-order valence-electron chi connectivity index (χ4n) is 0.141. The summed E-state index contributed by atoms with van der Waals surface area (Å²) in [6.45, 7) is 3.31. The van der Waals surface area contributed by atoms with Crippen LogP contribution < -0.4 is 0 Å². The molecular formula is C4H6O3S4. The molecule has 64 valence electrons. The zero-order chi connectivity index (χ0) is 8.69. The van der Waals surface area contributed by atoms with E-state index in [9.17, 15) is 8.42 Å². The molecule has 0 unspecified atom stereocenters. The Kier molecular flexibility index (Phi) is 7.39. The number of hydrogen-bond acceptors (Lipinski definition) is 5. The third-order valence-electron chi connectivity index (χ3n) is 0.537. The Labute approximate surface area is 80.8 Å². The molecular weight excluding hydrogens is 224 g/mol. The van der Waals surface area contributed by atoms with Crippen molar-refractivity contribution >= 4 is 55.0 Å². The fraction of sp³-hybridized carbons (Fsp3) is 0.500. The van der Waals surface area contributed by atoms with E-state index in [1.54, 1.807) is 13.8 Å². The molecule has 7 heteroatoms. The third kappa shape index (κ3) is 6.82. The van der Waals surface area contributed by atoms with Crippen LogP contribution in [-0.2, 0) is 26.1 Å². The number of rotatable bonds is 2. The van der Waals surface area contributed by atoms with Crippen molar-refractivity contribution in [3.05, 3.63) is 0 Å². The van der Waals surface area contributed by atoms with Crippen LogP contribution in [0.3, 0.4) is 0 Å². The van der Waals surface area contributed by atoms with Gasteiger partial charge in [-0.2, -0.15) is 0 Å². The van der Waals surface area contributed by atoms with Crippen molar-refractivity contribution in [3.63, 3.8) is 0 Å². The minimum absolute atomic E-state index is 0.381. The van der Waals surface area contributed by atoms with Crippen molar-refractivity contribution in [2.75, 3.05) is 0 Å². The van der Waals surface area contributed by atoms with Crippen molar-refractivity contribution in [1.29, 1.82) is 0 Å². The maximum atomic E-state index is 10.1. The first kappa shape index (κ1) is 11.4. The fourth-order valence-corrected chi connectivity index (χ4v) is 1.77. The average Bonchev–Trinajstić information content (AvgIpc) is 2.04. The molecule has 0 aliphatic rings. The van der Waals surface area contributed by atoms with Crippen molar-refractivity contribution in [3.8, 4) is 0 Å². The molecule has 0 aromatic rings. The van der Waals surface area contributed by atoms with Gasteiger partial charge in [-0.25, -0.2) is 12.0 Å². The number of hydrogen-bond donors (Lipinski definition) is 0. The largest absolute Gasteiger partial charge is 0.236 e.